The van der Waals surface area contributed by atoms with Gasteiger partial charge in [0.05, 0.1) is 0 Å². The lowest BCUT2D eigenvalue weighted by Crippen LogP contribution is -2.15. The molecule has 0 spiro atoms. The maximum absolute atomic E-state index is 8.98. The molecule has 0 aromatic carbocycles. The summed E-state index contributed by atoms with van der Waals surface area (Å²) < 4.78 is 0. The first kappa shape index (κ1) is 8.01. The van der Waals surface area contributed by atoms with Crippen molar-refractivity contribution in [2.75, 3.05) is 5.32 Å². The third-order valence-electron chi connectivity index (χ3n) is 1.36. The van der Waals surface area contributed by atoms with Crippen molar-refractivity contribution < 1.29 is 5.11 Å². The lowest BCUT2D eigenvalue weighted by atomic mass is 10.3. The van der Waals surface area contributed by atoms with Crippen LogP contribution >= 0.6 is 0 Å². The predicted molar refractivity (Wildman–Crippen MR) is 44.3 cm³/mol. The normalized spacial score (nSPS) is 12.6. The minimum absolute atomic E-state index is 0.552. The van der Waals surface area contributed by atoms with Gasteiger partial charge in [-0.05, 0) is 25.5 Å². The zero-order valence-electron chi connectivity index (χ0n) is 6.70. The van der Waals surface area contributed by atoms with Crippen LogP contribution in [0, 0.1) is 6.92 Å². The molecule has 1 rings (SSSR count). The van der Waals surface area contributed by atoms with Crippen molar-refractivity contribution in [3.63, 3.8) is 0 Å². The first-order valence-corrected chi connectivity index (χ1v) is 3.56. The van der Waals surface area contributed by atoms with Gasteiger partial charge in [-0.25, -0.2) is 4.98 Å². The Labute approximate surface area is 66.1 Å². The second kappa shape index (κ2) is 3.34. The van der Waals surface area contributed by atoms with E-state index in [-0.39, 0.29) is 0 Å². The van der Waals surface area contributed by atoms with Gasteiger partial charge in [-0.1, -0.05) is 6.07 Å². The average Bonchev–Trinajstić information content (AvgIpc) is 1.93. The summed E-state index contributed by atoms with van der Waals surface area (Å²) in [7, 11) is 0. The quantitative estimate of drug-likeness (QED) is 0.624. The Morgan fingerprint density at radius 3 is 2.91 bits per heavy atom. The van der Waals surface area contributed by atoms with Crippen LogP contribution in [-0.2, 0) is 0 Å². The fourth-order valence-electron chi connectivity index (χ4n) is 0.835. The lowest BCUT2D eigenvalue weighted by molar-refractivity contribution is 0.224. The molecule has 1 unspecified atom stereocenters. The van der Waals surface area contributed by atoms with Gasteiger partial charge in [0.1, 0.15) is 12.0 Å². The summed E-state index contributed by atoms with van der Waals surface area (Å²) in [6.45, 7) is 3.60. The van der Waals surface area contributed by atoms with E-state index in [1.807, 2.05) is 19.1 Å². The van der Waals surface area contributed by atoms with Crippen molar-refractivity contribution in [3.8, 4) is 0 Å². The van der Waals surface area contributed by atoms with E-state index in [0.29, 0.717) is 0 Å². The van der Waals surface area contributed by atoms with E-state index in [4.69, 9.17) is 5.11 Å². The van der Waals surface area contributed by atoms with Crippen molar-refractivity contribution in [2.24, 2.45) is 0 Å². The highest BCUT2D eigenvalue weighted by Crippen LogP contribution is 2.09. The Balaban J connectivity index is 2.78. The zero-order valence-corrected chi connectivity index (χ0v) is 6.70. The molecule has 60 valence electrons. The molecule has 0 amide bonds. The monoisotopic (exact) mass is 152 g/mol. The van der Waals surface area contributed by atoms with Gasteiger partial charge in [-0.2, -0.15) is 0 Å². The van der Waals surface area contributed by atoms with Crippen molar-refractivity contribution in [3.05, 3.63) is 23.9 Å². The fourth-order valence-corrected chi connectivity index (χ4v) is 0.835. The number of aliphatic hydroxyl groups excluding tert-OH is 1. The Kier molecular flexibility index (Phi) is 2.44. The number of pyridine rings is 1. The summed E-state index contributed by atoms with van der Waals surface area (Å²) in [6, 6.07) is 3.81. The molecule has 3 heteroatoms. The summed E-state index contributed by atoms with van der Waals surface area (Å²) in [5.74, 6) is 0.738. The highest BCUT2D eigenvalue weighted by molar-refractivity contribution is 5.42. The maximum atomic E-state index is 8.98. The van der Waals surface area contributed by atoms with E-state index in [1.54, 1.807) is 13.1 Å². The maximum Gasteiger partial charge on any atom is 0.130 e. The van der Waals surface area contributed by atoms with Crippen LogP contribution in [0.5, 0.6) is 0 Å². The van der Waals surface area contributed by atoms with Crippen LogP contribution in [0.4, 0.5) is 5.82 Å². The van der Waals surface area contributed by atoms with Gasteiger partial charge in [0.15, 0.2) is 0 Å². The Morgan fingerprint density at radius 2 is 2.36 bits per heavy atom. The standard InChI is InChI=1S/C8H12N2O/c1-6-4-3-5-9-8(6)10-7(2)11/h3-5,7,11H,1-2H3,(H,9,10). The molecule has 1 aromatic heterocycles. The number of aryl methyl sites for hydroxylation is 1. The third-order valence-corrected chi connectivity index (χ3v) is 1.36. The average molecular weight is 152 g/mol. The van der Waals surface area contributed by atoms with Crippen LogP contribution in [0.3, 0.4) is 0 Å². The summed E-state index contributed by atoms with van der Waals surface area (Å²) in [5, 5.41) is 11.8. The van der Waals surface area contributed by atoms with E-state index in [9.17, 15) is 0 Å². The summed E-state index contributed by atoms with van der Waals surface area (Å²) in [4.78, 5) is 4.05. The molecule has 0 aliphatic heterocycles. The smallest absolute Gasteiger partial charge is 0.130 e. The Hall–Kier alpha value is -1.09. The number of hydrogen-bond acceptors (Lipinski definition) is 3. The van der Waals surface area contributed by atoms with Gasteiger partial charge in [-0.3, -0.25) is 0 Å². The fraction of sp³-hybridized carbons (Fsp3) is 0.375. The van der Waals surface area contributed by atoms with Crippen LogP contribution < -0.4 is 5.32 Å². The number of aliphatic hydroxyl groups is 1. The van der Waals surface area contributed by atoms with Gasteiger partial charge in [-0.15, -0.1) is 0 Å². The van der Waals surface area contributed by atoms with E-state index >= 15 is 0 Å². The van der Waals surface area contributed by atoms with E-state index < -0.39 is 6.23 Å². The molecule has 1 aromatic rings. The summed E-state index contributed by atoms with van der Waals surface area (Å²) in [5.41, 5.74) is 1.04. The largest absolute Gasteiger partial charge is 0.374 e. The van der Waals surface area contributed by atoms with Crippen molar-refractivity contribution in [2.45, 2.75) is 20.1 Å². The molecular weight excluding hydrogens is 140 g/mol. The summed E-state index contributed by atoms with van der Waals surface area (Å²) in [6.07, 6.45) is 1.14. The topological polar surface area (TPSA) is 45.2 Å². The Morgan fingerprint density at radius 1 is 1.64 bits per heavy atom. The first-order chi connectivity index (χ1) is 5.20. The first-order valence-electron chi connectivity index (χ1n) is 3.56. The van der Waals surface area contributed by atoms with Crippen molar-refractivity contribution in [1.82, 2.24) is 4.98 Å². The molecular formula is C8H12N2O. The van der Waals surface area contributed by atoms with Crippen LogP contribution in [-0.4, -0.2) is 16.3 Å². The molecule has 0 fully saturated rings. The van der Waals surface area contributed by atoms with Crippen molar-refractivity contribution in [1.29, 1.82) is 0 Å². The predicted octanol–water partition coefficient (Wildman–Crippen LogP) is 1.14. The number of nitrogens with one attached hydrogen (secondary N) is 1. The minimum atomic E-state index is -0.552. The second-order valence-electron chi connectivity index (χ2n) is 2.49. The molecule has 1 heterocycles. The molecule has 0 aliphatic carbocycles. The molecule has 1 atom stereocenters. The summed E-state index contributed by atoms with van der Waals surface area (Å²) >= 11 is 0. The molecule has 0 aliphatic rings. The van der Waals surface area contributed by atoms with Crippen molar-refractivity contribution >= 4 is 5.82 Å². The number of anilines is 1. The van der Waals surface area contributed by atoms with Gasteiger partial charge >= 0.3 is 0 Å². The van der Waals surface area contributed by atoms with Gasteiger partial charge in [0, 0.05) is 6.20 Å². The number of hydrogen-bond donors (Lipinski definition) is 2. The molecule has 3 nitrogen and oxygen atoms in total. The number of rotatable bonds is 2. The molecule has 2 N–H and O–H groups in total. The number of aromatic nitrogens is 1. The van der Waals surface area contributed by atoms with Crippen LogP contribution in [0.25, 0.3) is 0 Å². The lowest BCUT2D eigenvalue weighted by Gasteiger charge is -2.09. The Bertz CT molecular complexity index is 235. The SMILES string of the molecule is Cc1cccnc1NC(C)O. The second-order valence-corrected chi connectivity index (χ2v) is 2.49. The molecule has 0 saturated carbocycles. The van der Waals surface area contributed by atoms with E-state index in [1.165, 1.54) is 0 Å². The van der Waals surface area contributed by atoms with E-state index in [0.717, 1.165) is 11.4 Å². The highest BCUT2D eigenvalue weighted by Gasteiger charge is 1.99. The van der Waals surface area contributed by atoms with Gasteiger partial charge in [0.2, 0.25) is 0 Å². The van der Waals surface area contributed by atoms with E-state index in [2.05, 4.69) is 10.3 Å². The van der Waals surface area contributed by atoms with Gasteiger partial charge < -0.3 is 10.4 Å². The van der Waals surface area contributed by atoms with Crippen LogP contribution in [0.15, 0.2) is 18.3 Å². The minimum Gasteiger partial charge on any atom is -0.374 e. The van der Waals surface area contributed by atoms with Crippen LogP contribution in [0.2, 0.25) is 0 Å². The zero-order chi connectivity index (χ0) is 8.27. The molecule has 11 heavy (non-hydrogen) atoms. The van der Waals surface area contributed by atoms with Crippen LogP contribution in [0.1, 0.15) is 12.5 Å². The third kappa shape index (κ3) is 2.20. The highest BCUT2D eigenvalue weighted by atomic mass is 16.3. The molecule has 0 bridgehead atoms. The molecule has 0 radical (unpaired) electrons. The van der Waals surface area contributed by atoms with Gasteiger partial charge in [0.25, 0.3) is 0 Å². The number of nitrogens with zero attached hydrogens (tertiary/aromatic N) is 1. The molecule has 0 saturated heterocycles.